The van der Waals surface area contributed by atoms with Crippen molar-refractivity contribution in [2.24, 2.45) is 4.99 Å². The Bertz CT molecular complexity index is 324. The van der Waals surface area contributed by atoms with Crippen LogP contribution in [0.2, 0.25) is 0 Å². The fourth-order valence-corrected chi connectivity index (χ4v) is 1.14. The molecule has 0 fully saturated rings. The molecule has 1 aromatic carbocycles. The molecule has 1 rings (SSSR count). The van der Waals surface area contributed by atoms with E-state index in [4.69, 9.17) is 0 Å². The Morgan fingerprint density at radius 2 is 2.07 bits per heavy atom. The van der Waals surface area contributed by atoms with Gasteiger partial charge in [0.05, 0.1) is 0 Å². The first kappa shape index (κ1) is 10.5. The van der Waals surface area contributed by atoms with E-state index in [1.165, 1.54) is 0 Å². The first-order chi connectivity index (χ1) is 6.86. The van der Waals surface area contributed by atoms with E-state index in [-0.39, 0.29) is 0 Å². The molecule has 0 spiro atoms. The van der Waals surface area contributed by atoms with E-state index >= 15 is 0 Å². The number of hydrogen-bond acceptors (Lipinski definition) is 3. The molecule has 0 heterocycles. The predicted octanol–water partition coefficient (Wildman–Crippen LogP) is 0.875. The average molecular weight is 187 g/mol. The topological polar surface area (TPSA) is 46.5 Å². The molecule has 0 aromatic heterocycles. The molecule has 0 aliphatic rings. The van der Waals surface area contributed by atoms with Gasteiger partial charge in [-0.25, -0.2) is 0 Å². The molecule has 1 unspecified atom stereocenters. The summed E-state index contributed by atoms with van der Waals surface area (Å²) in [6.07, 6.45) is 2.39. The zero-order valence-electron chi connectivity index (χ0n) is 7.67. The summed E-state index contributed by atoms with van der Waals surface area (Å²) in [5, 5.41) is 0. The minimum atomic E-state index is -0.456. The van der Waals surface area contributed by atoms with E-state index in [0.29, 0.717) is 13.6 Å². The fourth-order valence-electron chi connectivity index (χ4n) is 1.14. The van der Waals surface area contributed by atoms with Gasteiger partial charge in [-0.3, -0.25) is 0 Å². The number of carbonyl (C=O) groups excluding carboxylic acids is 1. The average Bonchev–Trinajstić information content (AvgIpc) is 2.25. The summed E-state index contributed by atoms with van der Waals surface area (Å²) in [7, 11) is 0.571. The Labute approximate surface area is 83.1 Å². The molecule has 0 bridgehead atoms. The van der Waals surface area contributed by atoms with E-state index in [2.05, 4.69) is 4.99 Å². The monoisotopic (exact) mass is 187 g/mol. The van der Waals surface area contributed by atoms with E-state index < -0.39 is 6.04 Å². The van der Waals surface area contributed by atoms with Gasteiger partial charge in [0.15, 0.2) is 0 Å². The van der Waals surface area contributed by atoms with Crippen molar-refractivity contribution in [2.75, 3.05) is 0 Å². The molecule has 3 nitrogen and oxygen atoms in total. The molecule has 70 valence electrons. The van der Waals surface area contributed by atoms with Gasteiger partial charge in [0, 0.05) is 0 Å². The summed E-state index contributed by atoms with van der Waals surface area (Å²) in [4.78, 5) is 14.4. The first-order valence-electron chi connectivity index (χ1n) is 4.33. The summed E-state index contributed by atoms with van der Waals surface area (Å²) < 4.78 is 10.0. The molecule has 0 saturated heterocycles. The summed E-state index contributed by atoms with van der Waals surface area (Å²) in [5.74, 6) is 0. The standard InChI is InChI=1S/C10H10BNO2/c13-7-10(12-8-11-14)6-9-4-2-1-3-5-9/h1-5,7-8,10H,6H2/b12-8-. The van der Waals surface area contributed by atoms with Crippen LogP contribution in [-0.4, -0.2) is 25.6 Å². The third kappa shape index (κ3) is 3.43. The van der Waals surface area contributed by atoms with Crippen molar-refractivity contribution in [3.05, 3.63) is 35.9 Å². The zero-order chi connectivity index (χ0) is 10.2. The molecular weight excluding hydrogens is 177 g/mol. The number of carbonyl (C=O) groups is 1. The van der Waals surface area contributed by atoms with Gasteiger partial charge < -0.3 is 0 Å². The van der Waals surface area contributed by atoms with Gasteiger partial charge in [-0.15, -0.1) is 0 Å². The minimum absolute atomic E-state index is 0.456. The Kier molecular flexibility index (Phi) is 4.48. The zero-order valence-corrected chi connectivity index (χ0v) is 7.67. The Balaban J connectivity index is 2.61. The van der Waals surface area contributed by atoms with Crippen molar-refractivity contribution in [2.45, 2.75) is 12.5 Å². The van der Waals surface area contributed by atoms with Crippen LogP contribution >= 0.6 is 0 Å². The van der Waals surface area contributed by atoms with Crippen molar-refractivity contribution in [1.29, 1.82) is 0 Å². The van der Waals surface area contributed by atoms with Gasteiger partial charge in [-0.05, 0) is 0 Å². The molecule has 14 heavy (non-hydrogen) atoms. The van der Waals surface area contributed by atoms with Crippen LogP contribution in [0, 0.1) is 0 Å². The third-order valence-electron chi connectivity index (χ3n) is 1.78. The van der Waals surface area contributed by atoms with Crippen LogP contribution in [0.5, 0.6) is 0 Å². The van der Waals surface area contributed by atoms with Crippen molar-refractivity contribution < 1.29 is 9.50 Å². The molecule has 0 N–H and O–H groups in total. The fraction of sp³-hybridized carbons (Fsp3) is 0.200. The van der Waals surface area contributed by atoms with Gasteiger partial charge in [-0.1, -0.05) is 0 Å². The third-order valence-corrected chi connectivity index (χ3v) is 1.78. The van der Waals surface area contributed by atoms with Gasteiger partial charge in [-0.2, -0.15) is 0 Å². The maximum absolute atomic E-state index is 10.6. The van der Waals surface area contributed by atoms with Crippen LogP contribution in [0.4, 0.5) is 0 Å². The predicted molar refractivity (Wildman–Crippen MR) is 54.9 cm³/mol. The Hall–Kier alpha value is -1.58. The van der Waals surface area contributed by atoms with E-state index in [1.54, 1.807) is 0 Å². The molecule has 4 heteroatoms. The summed E-state index contributed by atoms with van der Waals surface area (Å²) in [6, 6.07) is 9.11. The van der Waals surface area contributed by atoms with E-state index in [0.717, 1.165) is 18.0 Å². The maximum atomic E-state index is 10.6. The van der Waals surface area contributed by atoms with Crippen LogP contribution < -0.4 is 0 Å². The quantitative estimate of drug-likeness (QED) is 0.390. The van der Waals surface area contributed by atoms with E-state index in [1.807, 2.05) is 30.3 Å². The van der Waals surface area contributed by atoms with Crippen molar-refractivity contribution in [3.8, 4) is 0 Å². The second-order valence-corrected chi connectivity index (χ2v) is 2.83. The Morgan fingerprint density at radius 1 is 1.36 bits per heavy atom. The molecule has 1 atom stereocenters. The summed E-state index contributed by atoms with van der Waals surface area (Å²) in [6.45, 7) is 0. The first-order valence-corrected chi connectivity index (χ1v) is 4.33. The molecular formula is C10H10BNO2. The van der Waals surface area contributed by atoms with Crippen molar-refractivity contribution in [1.82, 2.24) is 0 Å². The van der Waals surface area contributed by atoms with Crippen LogP contribution in [0.15, 0.2) is 35.3 Å². The molecule has 0 radical (unpaired) electrons. The Morgan fingerprint density at radius 3 is 2.64 bits per heavy atom. The van der Waals surface area contributed by atoms with Crippen molar-refractivity contribution in [3.63, 3.8) is 0 Å². The number of rotatable bonds is 5. The van der Waals surface area contributed by atoms with Crippen LogP contribution in [0.1, 0.15) is 5.56 Å². The summed E-state index contributed by atoms with van der Waals surface area (Å²) in [5.41, 5.74) is 1.03. The molecule has 0 saturated carbocycles. The summed E-state index contributed by atoms with van der Waals surface area (Å²) >= 11 is 0. The number of aliphatic imine (C=N–C) groups is 1. The van der Waals surface area contributed by atoms with E-state index in [9.17, 15) is 9.50 Å². The SMILES string of the molecule is O=B/C=N\C(C=O)Cc1ccccc1. The van der Waals surface area contributed by atoms with Gasteiger partial charge in [0.2, 0.25) is 0 Å². The molecule has 0 aliphatic heterocycles. The number of nitrogens with zero attached hydrogens (tertiary/aromatic N) is 1. The van der Waals surface area contributed by atoms with Crippen LogP contribution in [0.25, 0.3) is 0 Å². The van der Waals surface area contributed by atoms with Crippen LogP contribution in [0.3, 0.4) is 0 Å². The number of aldehydes is 1. The number of hydrogen-bond donors (Lipinski definition) is 0. The van der Waals surface area contributed by atoms with Gasteiger partial charge in [0.25, 0.3) is 0 Å². The molecule has 1 aromatic rings. The normalized spacial score (nSPS) is 12.3. The van der Waals surface area contributed by atoms with Gasteiger partial charge >= 0.3 is 82.4 Å². The second-order valence-electron chi connectivity index (χ2n) is 2.83. The van der Waals surface area contributed by atoms with Gasteiger partial charge in [0.1, 0.15) is 0 Å². The van der Waals surface area contributed by atoms with Crippen molar-refractivity contribution >= 4 is 19.6 Å². The second kappa shape index (κ2) is 5.97. The molecule has 0 amide bonds. The number of benzene rings is 1. The van der Waals surface area contributed by atoms with Crippen LogP contribution in [-0.2, 0) is 15.9 Å². The molecule has 0 aliphatic carbocycles.